The van der Waals surface area contributed by atoms with Crippen molar-refractivity contribution in [1.29, 1.82) is 0 Å². The van der Waals surface area contributed by atoms with Crippen LogP contribution in [0.3, 0.4) is 0 Å². The van der Waals surface area contributed by atoms with Crippen molar-refractivity contribution in [2.45, 2.75) is 18.6 Å². The molecule has 0 spiro atoms. The molecule has 1 N–H and O–H groups in total. The standard InChI is InChI=1S/C17H16F3N3O/c18-17(19,20)14-6-2-1-5-13(14)16(24)22-12-8-10-23(11-12)15-7-3-4-9-21-15/h1-7,9,12H,8,10-11H2,(H,22,24). The quantitative estimate of drug-likeness (QED) is 0.937. The van der Waals surface area contributed by atoms with Crippen molar-refractivity contribution in [3.63, 3.8) is 0 Å². The Bertz CT molecular complexity index is 719. The Hall–Kier alpha value is -2.57. The van der Waals surface area contributed by atoms with E-state index in [4.69, 9.17) is 0 Å². The number of pyridine rings is 1. The van der Waals surface area contributed by atoms with Gasteiger partial charge in [0.05, 0.1) is 11.1 Å². The lowest BCUT2D eigenvalue weighted by Gasteiger charge is -2.18. The van der Waals surface area contributed by atoms with E-state index in [0.717, 1.165) is 11.9 Å². The lowest BCUT2D eigenvalue weighted by atomic mass is 10.1. The first-order valence-electron chi connectivity index (χ1n) is 7.58. The van der Waals surface area contributed by atoms with E-state index in [1.54, 1.807) is 6.20 Å². The lowest BCUT2D eigenvalue weighted by molar-refractivity contribution is -0.137. The highest BCUT2D eigenvalue weighted by Gasteiger charge is 2.35. The Labute approximate surface area is 137 Å². The van der Waals surface area contributed by atoms with Crippen molar-refractivity contribution < 1.29 is 18.0 Å². The number of carbonyl (C=O) groups is 1. The van der Waals surface area contributed by atoms with E-state index in [9.17, 15) is 18.0 Å². The number of benzene rings is 1. The summed E-state index contributed by atoms with van der Waals surface area (Å²) >= 11 is 0. The van der Waals surface area contributed by atoms with Crippen LogP contribution in [-0.4, -0.2) is 30.0 Å². The summed E-state index contributed by atoms with van der Waals surface area (Å²) < 4.78 is 39.0. The second-order valence-electron chi connectivity index (χ2n) is 5.64. The van der Waals surface area contributed by atoms with E-state index in [1.165, 1.54) is 18.2 Å². The van der Waals surface area contributed by atoms with Gasteiger partial charge in [-0.2, -0.15) is 13.2 Å². The third-order valence-corrected chi connectivity index (χ3v) is 3.97. The molecule has 0 saturated carbocycles. The number of aromatic nitrogens is 1. The molecule has 2 heterocycles. The molecule has 24 heavy (non-hydrogen) atoms. The highest BCUT2D eigenvalue weighted by atomic mass is 19.4. The van der Waals surface area contributed by atoms with Gasteiger partial charge in [0.1, 0.15) is 5.82 Å². The molecule has 1 amide bonds. The molecule has 3 rings (SSSR count). The fourth-order valence-electron chi connectivity index (χ4n) is 2.82. The van der Waals surface area contributed by atoms with E-state index >= 15 is 0 Å². The predicted molar refractivity (Wildman–Crippen MR) is 83.8 cm³/mol. The number of nitrogens with one attached hydrogen (secondary N) is 1. The molecule has 1 aromatic heterocycles. The lowest BCUT2D eigenvalue weighted by Crippen LogP contribution is -2.38. The SMILES string of the molecule is O=C(NC1CCN(c2ccccn2)C1)c1ccccc1C(F)(F)F. The summed E-state index contributed by atoms with van der Waals surface area (Å²) in [6.45, 7) is 1.22. The van der Waals surface area contributed by atoms with Gasteiger partial charge in [0.15, 0.2) is 0 Å². The Balaban J connectivity index is 1.69. The minimum Gasteiger partial charge on any atom is -0.354 e. The van der Waals surface area contributed by atoms with Crippen molar-refractivity contribution >= 4 is 11.7 Å². The molecular weight excluding hydrogens is 319 g/mol. The van der Waals surface area contributed by atoms with Crippen molar-refractivity contribution in [3.05, 3.63) is 59.8 Å². The highest BCUT2D eigenvalue weighted by molar-refractivity contribution is 5.96. The summed E-state index contributed by atoms with van der Waals surface area (Å²) in [4.78, 5) is 18.5. The van der Waals surface area contributed by atoms with Gasteiger partial charge >= 0.3 is 6.18 Å². The Morgan fingerprint density at radius 2 is 1.92 bits per heavy atom. The van der Waals surface area contributed by atoms with Gasteiger partial charge in [-0.3, -0.25) is 4.79 Å². The van der Waals surface area contributed by atoms with Crippen molar-refractivity contribution in [3.8, 4) is 0 Å². The second-order valence-corrected chi connectivity index (χ2v) is 5.64. The van der Waals surface area contributed by atoms with Gasteiger partial charge in [0.25, 0.3) is 5.91 Å². The van der Waals surface area contributed by atoms with E-state index in [1.807, 2.05) is 23.1 Å². The van der Waals surface area contributed by atoms with Gasteiger partial charge in [-0.1, -0.05) is 18.2 Å². The normalized spacial score (nSPS) is 17.8. The van der Waals surface area contributed by atoms with Gasteiger partial charge in [-0.05, 0) is 30.7 Å². The average molecular weight is 335 g/mol. The maximum absolute atomic E-state index is 13.0. The minimum atomic E-state index is -4.55. The number of nitrogens with zero attached hydrogens (tertiary/aromatic N) is 2. The molecule has 1 saturated heterocycles. The predicted octanol–water partition coefficient (Wildman–Crippen LogP) is 3.11. The molecule has 2 aromatic rings. The van der Waals surface area contributed by atoms with Crippen molar-refractivity contribution in [2.75, 3.05) is 18.0 Å². The molecule has 4 nitrogen and oxygen atoms in total. The first-order chi connectivity index (χ1) is 11.4. The molecule has 1 atom stereocenters. The molecule has 0 radical (unpaired) electrons. The maximum atomic E-state index is 13.0. The molecule has 1 aromatic carbocycles. The smallest absolute Gasteiger partial charge is 0.354 e. The third-order valence-electron chi connectivity index (χ3n) is 3.97. The van der Waals surface area contributed by atoms with Gasteiger partial charge in [0.2, 0.25) is 0 Å². The molecular formula is C17H16F3N3O. The maximum Gasteiger partial charge on any atom is 0.417 e. The number of amides is 1. The fraction of sp³-hybridized carbons (Fsp3) is 0.294. The molecule has 1 aliphatic heterocycles. The topological polar surface area (TPSA) is 45.2 Å². The molecule has 1 unspecified atom stereocenters. The van der Waals surface area contributed by atoms with Crippen LogP contribution in [0.5, 0.6) is 0 Å². The average Bonchev–Trinajstić information content (AvgIpc) is 3.03. The van der Waals surface area contributed by atoms with Crippen LogP contribution in [0.25, 0.3) is 0 Å². The van der Waals surface area contributed by atoms with Crippen LogP contribution < -0.4 is 10.2 Å². The van der Waals surface area contributed by atoms with Crippen molar-refractivity contribution in [2.24, 2.45) is 0 Å². The number of carbonyl (C=O) groups excluding carboxylic acids is 1. The summed E-state index contributed by atoms with van der Waals surface area (Å²) in [7, 11) is 0. The summed E-state index contributed by atoms with van der Waals surface area (Å²) in [5.41, 5.74) is -1.26. The van der Waals surface area contributed by atoms with Crippen LogP contribution in [0.1, 0.15) is 22.3 Å². The Morgan fingerprint density at radius 1 is 1.17 bits per heavy atom. The van der Waals surface area contributed by atoms with E-state index < -0.39 is 17.6 Å². The Morgan fingerprint density at radius 3 is 2.62 bits per heavy atom. The third kappa shape index (κ3) is 3.50. The summed E-state index contributed by atoms with van der Waals surface area (Å²) in [6, 6.07) is 10.2. The van der Waals surface area contributed by atoms with Gasteiger partial charge in [-0.15, -0.1) is 0 Å². The molecule has 1 fully saturated rings. The van der Waals surface area contributed by atoms with Crippen LogP contribution in [-0.2, 0) is 6.18 Å². The van der Waals surface area contributed by atoms with Gasteiger partial charge in [-0.25, -0.2) is 4.98 Å². The zero-order valence-electron chi connectivity index (χ0n) is 12.8. The number of halogens is 3. The van der Waals surface area contributed by atoms with Gasteiger partial charge < -0.3 is 10.2 Å². The zero-order valence-corrected chi connectivity index (χ0v) is 12.8. The van der Waals surface area contributed by atoms with Crippen LogP contribution in [0.4, 0.5) is 19.0 Å². The number of hydrogen-bond acceptors (Lipinski definition) is 3. The monoisotopic (exact) mass is 335 g/mol. The van der Waals surface area contributed by atoms with E-state index in [0.29, 0.717) is 19.5 Å². The summed E-state index contributed by atoms with van der Waals surface area (Å²) in [6.07, 6.45) is -2.21. The number of anilines is 1. The molecule has 1 aliphatic rings. The summed E-state index contributed by atoms with van der Waals surface area (Å²) in [5, 5.41) is 2.70. The minimum absolute atomic E-state index is 0.208. The first-order valence-corrected chi connectivity index (χ1v) is 7.58. The van der Waals surface area contributed by atoms with Crippen molar-refractivity contribution in [1.82, 2.24) is 10.3 Å². The van der Waals surface area contributed by atoms with E-state index in [-0.39, 0.29) is 11.6 Å². The zero-order chi connectivity index (χ0) is 17.2. The number of alkyl halides is 3. The molecule has 7 heteroatoms. The van der Waals surface area contributed by atoms with Crippen LogP contribution in [0, 0.1) is 0 Å². The van der Waals surface area contributed by atoms with E-state index in [2.05, 4.69) is 10.3 Å². The number of rotatable bonds is 3. The first kappa shape index (κ1) is 16.3. The molecule has 0 aliphatic carbocycles. The number of hydrogen-bond donors (Lipinski definition) is 1. The Kier molecular flexibility index (Phi) is 4.42. The van der Waals surface area contributed by atoms with Gasteiger partial charge in [0, 0.05) is 25.3 Å². The second kappa shape index (κ2) is 6.51. The van der Waals surface area contributed by atoms with Crippen LogP contribution in [0.15, 0.2) is 48.7 Å². The highest BCUT2D eigenvalue weighted by Crippen LogP contribution is 2.32. The fourth-order valence-corrected chi connectivity index (χ4v) is 2.82. The molecule has 0 bridgehead atoms. The molecule has 126 valence electrons. The van der Waals surface area contributed by atoms with Crippen LogP contribution >= 0.6 is 0 Å². The van der Waals surface area contributed by atoms with Crippen LogP contribution in [0.2, 0.25) is 0 Å². The largest absolute Gasteiger partial charge is 0.417 e. The summed E-state index contributed by atoms with van der Waals surface area (Å²) in [5.74, 6) is 0.0979.